The maximum absolute atomic E-state index is 12.3. The van der Waals surface area contributed by atoms with Gasteiger partial charge in [0.1, 0.15) is 17.3 Å². The SMILES string of the molecule is Cc1ccc(-c2nn(NS(=O)(=O)c3ccccc3)cc2C#N)cc1. The number of sulfonamides is 1. The Morgan fingerprint density at radius 1 is 1.08 bits per heavy atom. The second-order valence-electron chi connectivity index (χ2n) is 5.22. The van der Waals surface area contributed by atoms with E-state index in [0.717, 1.165) is 15.9 Å². The van der Waals surface area contributed by atoms with Crippen LogP contribution >= 0.6 is 0 Å². The van der Waals surface area contributed by atoms with Gasteiger partial charge in [-0.2, -0.15) is 28.4 Å². The molecular weight excluding hydrogens is 324 g/mol. The first-order chi connectivity index (χ1) is 11.5. The van der Waals surface area contributed by atoms with Crippen molar-refractivity contribution in [1.29, 1.82) is 5.26 Å². The van der Waals surface area contributed by atoms with Crippen LogP contribution in [0.15, 0.2) is 65.7 Å². The number of hydrogen-bond acceptors (Lipinski definition) is 4. The predicted octanol–water partition coefficient (Wildman–Crippen LogP) is 2.66. The Kier molecular flexibility index (Phi) is 4.06. The Bertz CT molecular complexity index is 1000. The number of nitrogens with one attached hydrogen (secondary N) is 1. The smallest absolute Gasteiger partial charge is 0.200 e. The summed E-state index contributed by atoms with van der Waals surface area (Å²) in [6.07, 6.45) is 1.36. The van der Waals surface area contributed by atoms with Gasteiger partial charge in [-0.25, -0.2) is 0 Å². The van der Waals surface area contributed by atoms with Crippen LogP contribution in [0.1, 0.15) is 11.1 Å². The summed E-state index contributed by atoms with van der Waals surface area (Å²) >= 11 is 0. The van der Waals surface area contributed by atoms with Gasteiger partial charge in [-0.15, -0.1) is 0 Å². The maximum Gasteiger partial charge on any atom is 0.276 e. The van der Waals surface area contributed by atoms with Gasteiger partial charge in [0.05, 0.1) is 11.1 Å². The van der Waals surface area contributed by atoms with Gasteiger partial charge in [0, 0.05) is 5.56 Å². The van der Waals surface area contributed by atoms with Crippen molar-refractivity contribution in [2.75, 3.05) is 4.83 Å². The van der Waals surface area contributed by atoms with Gasteiger partial charge in [-0.05, 0) is 19.1 Å². The Labute approximate surface area is 140 Å². The monoisotopic (exact) mass is 338 g/mol. The first kappa shape index (κ1) is 15.8. The second kappa shape index (κ2) is 6.18. The highest BCUT2D eigenvalue weighted by atomic mass is 32.2. The molecule has 0 aliphatic carbocycles. The highest BCUT2D eigenvalue weighted by Gasteiger charge is 2.17. The van der Waals surface area contributed by atoms with Crippen LogP contribution in [0, 0.1) is 18.3 Å². The van der Waals surface area contributed by atoms with E-state index >= 15 is 0 Å². The standard InChI is InChI=1S/C17H14N4O2S/c1-13-7-9-14(10-8-13)17-15(11-18)12-21(19-17)20-24(22,23)16-5-3-2-4-6-16/h2-10,12,20H,1H3. The highest BCUT2D eigenvalue weighted by Crippen LogP contribution is 2.22. The normalized spacial score (nSPS) is 11.0. The molecule has 0 fully saturated rings. The van der Waals surface area contributed by atoms with Crippen molar-refractivity contribution >= 4 is 10.0 Å². The Hall–Kier alpha value is -3.11. The van der Waals surface area contributed by atoms with E-state index in [2.05, 4.69) is 9.93 Å². The molecule has 0 aliphatic rings. The number of hydrogen-bond donors (Lipinski definition) is 1. The first-order valence-electron chi connectivity index (χ1n) is 7.14. The number of rotatable bonds is 4. The van der Waals surface area contributed by atoms with Crippen LogP contribution in [0.4, 0.5) is 0 Å². The molecule has 0 radical (unpaired) electrons. The fourth-order valence-electron chi connectivity index (χ4n) is 2.20. The van der Waals surface area contributed by atoms with E-state index < -0.39 is 10.0 Å². The zero-order valence-electron chi connectivity index (χ0n) is 12.8. The highest BCUT2D eigenvalue weighted by molar-refractivity contribution is 7.92. The van der Waals surface area contributed by atoms with E-state index in [0.29, 0.717) is 5.69 Å². The van der Waals surface area contributed by atoms with Crippen molar-refractivity contribution in [3.63, 3.8) is 0 Å². The largest absolute Gasteiger partial charge is 0.276 e. The minimum atomic E-state index is -3.77. The number of benzene rings is 2. The van der Waals surface area contributed by atoms with Crippen LogP contribution in [-0.4, -0.2) is 18.3 Å². The average molecular weight is 338 g/mol. The van der Waals surface area contributed by atoms with Crippen LogP contribution in [0.3, 0.4) is 0 Å². The quantitative estimate of drug-likeness (QED) is 0.792. The van der Waals surface area contributed by atoms with Crippen LogP contribution in [0.25, 0.3) is 11.3 Å². The predicted molar refractivity (Wildman–Crippen MR) is 90.1 cm³/mol. The average Bonchev–Trinajstić information content (AvgIpc) is 2.98. The zero-order valence-corrected chi connectivity index (χ0v) is 13.7. The lowest BCUT2D eigenvalue weighted by Crippen LogP contribution is -2.23. The third kappa shape index (κ3) is 3.14. The minimum absolute atomic E-state index is 0.121. The van der Waals surface area contributed by atoms with Crippen LogP contribution in [-0.2, 0) is 10.0 Å². The first-order valence-corrected chi connectivity index (χ1v) is 8.62. The van der Waals surface area contributed by atoms with Gasteiger partial charge >= 0.3 is 0 Å². The summed E-state index contributed by atoms with van der Waals surface area (Å²) in [6.45, 7) is 1.96. The molecule has 0 saturated carbocycles. The van der Waals surface area contributed by atoms with Crippen molar-refractivity contribution in [3.8, 4) is 17.3 Å². The zero-order chi connectivity index (χ0) is 17.2. The molecule has 3 rings (SSSR count). The molecule has 0 aliphatic heterocycles. The van der Waals surface area contributed by atoms with Gasteiger partial charge in [0.25, 0.3) is 10.0 Å². The van der Waals surface area contributed by atoms with Crippen molar-refractivity contribution < 1.29 is 8.42 Å². The summed E-state index contributed by atoms with van der Waals surface area (Å²) in [6, 6.07) is 17.5. The van der Waals surface area contributed by atoms with E-state index in [1.807, 2.05) is 37.3 Å². The Balaban J connectivity index is 1.96. The van der Waals surface area contributed by atoms with Crippen LogP contribution < -0.4 is 4.83 Å². The third-order valence-corrected chi connectivity index (χ3v) is 4.75. The summed E-state index contributed by atoms with van der Waals surface area (Å²) in [5, 5.41) is 13.5. The molecule has 0 saturated heterocycles. The number of nitrogens with zero attached hydrogens (tertiary/aromatic N) is 3. The fraction of sp³-hybridized carbons (Fsp3) is 0.0588. The van der Waals surface area contributed by atoms with Crippen molar-refractivity contribution in [2.45, 2.75) is 11.8 Å². The molecule has 0 spiro atoms. The van der Waals surface area contributed by atoms with Gasteiger partial charge < -0.3 is 0 Å². The van der Waals surface area contributed by atoms with Crippen LogP contribution in [0.5, 0.6) is 0 Å². The lowest BCUT2D eigenvalue weighted by Gasteiger charge is -2.07. The van der Waals surface area contributed by atoms with Crippen molar-refractivity contribution in [3.05, 3.63) is 71.9 Å². The van der Waals surface area contributed by atoms with E-state index in [1.165, 1.54) is 18.3 Å². The topological polar surface area (TPSA) is 87.8 Å². The van der Waals surface area contributed by atoms with Crippen molar-refractivity contribution in [1.82, 2.24) is 9.89 Å². The molecule has 0 atom stereocenters. The van der Waals surface area contributed by atoms with E-state index in [1.54, 1.807) is 18.2 Å². The second-order valence-corrected chi connectivity index (χ2v) is 6.88. The lowest BCUT2D eigenvalue weighted by atomic mass is 10.1. The van der Waals surface area contributed by atoms with Crippen LogP contribution in [0.2, 0.25) is 0 Å². The summed E-state index contributed by atoms with van der Waals surface area (Å²) in [5.74, 6) is 0. The summed E-state index contributed by atoms with van der Waals surface area (Å²) < 4.78 is 24.7. The Morgan fingerprint density at radius 2 is 1.75 bits per heavy atom. The molecule has 0 bridgehead atoms. The van der Waals surface area contributed by atoms with E-state index in [9.17, 15) is 13.7 Å². The molecule has 0 unspecified atom stereocenters. The molecule has 1 N–H and O–H groups in total. The molecular formula is C17H14N4O2S. The molecule has 0 amide bonds. The summed E-state index contributed by atoms with van der Waals surface area (Å²) in [7, 11) is -3.77. The summed E-state index contributed by atoms with van der Waals surface area (Å²) in [4.78, 5) is 3.51. The molecule has 120 valence electrons. The number of nitriles is 1. The Morgan fingerprint density at radius 3 is 2.38 bits per heavy atom. The van der Waals surface area contributed by atoms with Gasteiger partial charge in [-0.1, -0.05) is 48.0 Å². The maximum atomic E-state index is 12.3. The fourth-order valence-corrected chi connectivity index (χ4v) is 3.16. The molecule has 24 heavy (non-hydrogen) atoms. The number of aromatic nitrogens is 2. The van der Waals surface area contributed by atoms with Gasteiger partial charge in [-0.3, -0.25) is 0 Å². The lowest BCUT2D eigenvalue weighted by molar-refractivity contribution is 0.592. The van der Waals surface area contributed by atoms with Gasteiger partial charge in [0.2, 0.25) is 0 Å². The number of aryl methyl sites for hydroxylation is 1. The summed E-state index contributed by atoms with van der Waals surface area (Å²) in [5.41, 5.74) is 2.54. The molecule has 1 aromatic heterocycles. The minimum Gasteiger partial charge on any atom is -0.200 e. The van der Waals surface area contributed by atoms with E-state index in [4.69, 9.17) is 0 Å². The molecule has 7 heteroatoms. The third-order valence-electron chi connectivity index (χ3n) is 3.43. The van der Waals surface area contributed by atoms with Crippen molar-refractivity contribution in [2.24, 2.45) is 0 Å². The molecule has 1 heterocycles. The van der Waals surface area contributed by atoms with Gasteiger partial charge in [0.15, 0.2) is 0 Å². The molecule has 6 nitrogen and oxygen atoms in total. The molecule has 3 aromatic rings. The van der Waals surface area contributed by atoms with E-state index in [-0.39, 0.29) is 10.5 Å². The molecule has 2 aromatic carbocycles.